The first-order valence-electron chi connectivity index (χ1n) is 17.1. The Balaban J connectivity index is 1.35. The molecule has 4 N–H and O–H groups in total. The highest BCUT2D eigenvalue weighted by Crippen LogP contribution is 2.50. The van der Waals surface area contributed by atoms with Crippen LogP contribution < -0.4 is 4.90 Å². The Labute approximate surface area is 305 Å². The molecule has 0 bridgehead atoms. The molecule has 13 nitrogen and oxygen atoms in total. The van der Waals surface area contributed by atoms with Crippen molar-refractivity contribution in [3.63, 3.8) is 0 Å². The van der Waals surface area contributed by atoms with Gasteiger partial charge >= 0.3 is 5.97 Å². The van der Waals surface area contributed by atoms with Crippen LogP contribution in [-0.4, -0.2) is 72.9 Å². The van der Waals surface area contributed by atoms with Gasteiger partial charge in [-0.3, -0.25) is 14.1 Å². The third-order valence-corrected chi connectivity index (χ3v) is 11.6. The van der Waals surface area contributed by atoms with E-state index in [4.69, 9.17) is 4.84 Å². The number of amides is 2. The summed E-state index contributed by atoms with van der Waals surface area (Å²) in [5.74, 6) is -1.68. The maximum absolute atomic E-state index is 12.3. The molecule has 15 heteroatoms. The lowest BCUT2D eigenvalue weighted by atomic mass is 9.81. The minimum Gasteiger partial charge on any atom is -0.344 e. The van der Waals surface area contributed by atoms with E-state index >= 15 is 0 Å². The molecule has 0 radical (unpaired) electrons. The first-order valence-corrected chi connectivity index (χ1v) is 20.0. The van der Waals surface area contributed by atoms with Crippen molar-refractivity contribution in [1.29, 1.82) is 0 Å². The molecule has 0 aromatic heterocycles. The number of rotatable bonds is 13. The molecular formula is C37H46N3O10S2+. The van der Waals surface area contributed by atoms with E-state index in [1.54, 1.807) is 18.2 Å². The summed E-state index contributed by atoms with van der Waals surface area (Å²) in [6.45, 7) is 11.3. The van der Waals surface area contributed by atoms with Crippen molar-refractivity contribution in [2.24, 2.45) is 0 Å². The minimum absolute atomic E-state index is 0.0221. The number of hydroxylamine groups is 2. The van der Waals surface area contributed by atoms with E-state index in [0.717, 1.165) is 33.9 Å². The van der Waals surface area contributed by atoms with Gasteiger partial charge in [-0.1, -0.05) is 32.1 Å². The summed E-state index contributed by atoms with van der Waals surface area (Å²) in [6, 6.07) is 9.50. The molecule has 0 atom stereocenters. The summed E-state index contributed by atoms with van der Waals surface area (Å²) in [5.41, 5.74) is 4.09. The number of carbonyl (C=O) groups excluding carboxylic acids is 3. The summed E-state index contributed by atoms with van der Waals surface area (Å²) in [5, 5.41) is 0.551. The first kappa shape index (κ1) is 39.1. The molecule has 52 heavy (non-hydrogen) atoms. The van der Waals surface area contributed by atoms with Crippen LogP contribution in [0, 0.1) is 0 Å². The summed E-state index contributed by atoms with van der Waals surface area (Å²) in [6.07, 6.45) is 11.6. The standard InChI is InChI=1S/C37H45N3O10S2/c1-6-38-29-18-16-25(51(44,45)46)23-27(29)36(2,3)31(38)13-9-7-10-14-32-37(4,5)28-24-26(52(47,48)49)17-19-30(28)39(32)22-12-8-11-15-35(43)50-40-33(41)20-21-34(40)42/h7,9-10,13-14,16-19,23-24H,6,8,11-12,15,20-22H2,1-5H3,(H3-,44,45,46,47,48,49)/p+1. The Kier molecular flexibility index (Phi) is 11.1. The smallest absolute Gasteiger partial charge is 0.333 e. The van der Waals surface area contributed by atoms with Crippen LogP contribution in [0.25, 0.3) is 0 Å². The quantitative estimate of drug-likeness (QED) is 0.0550. The van der Waals surface area contributed by atoms with Crippen molar-refractivity contribution in [3.8, 4) is 0 Å². The third kappa shape index (κ3) is 7.80. The number of benzene rings is 2. The Morgan fingerprint density at radius 2 is 1.52 bits per heavy atom. The minimum atomic E-state index is -4.36. The van der Waals surface area contributed by atoms with Crippen LogP contribution in [-0.2, 0) is 40.2 Å². The van der Waals surface area contributed by atoms with E-state index in [2.05, 4.69) is 9.48 Å². The molecule has 0 unspecified atom stereocenters. The van der Waals surface area contributed by atoms with Gasteiger partial charge in [-0.05, 0) is 75.6 Å². The number of carbonyl (C=O) groups is 3. The second-order valence-corrected chi connectivity index (χ2v) is 17.0. The van der Waals surface area contributed by atoms with Crippen LogP contribution in [0.3, 0.4) is 0 Å². The van der Waals surface area contributed by atoms with E-state index in [0.29, 0.717) is 37.4 Å². The molecule has 3 heterocycles. The monoisotopic (exact) mass is 756 g/mol. The molecule has 0 saturated carbocycles. The molecule has 0 spiro atoms. The number of likely N-dealkylation sites (N-methyl/N-ethyl adjacent to an activating group) is 1. The summed E-state index contributed by atoms with van der Waals surface area (Å²) in [7, 11) is -8.29. The first-order chi connectivity index (χ1) is 24.3. The van der Waals surface area contributed by atoms with Crippen molar-refractivity contribution in [3.05, 3.63) is 83.6 Å². The Morgan fingerprint density at radius 3 is 2.15 bits per heavy atom. The zero-order valence-electron chi connectivity index (χ0n) is 29.9. The van der Waals surface area contributed by atoms with Gasteiger partial charge in [-0.2, -0.15) is 13.0 Å². The van der Waals surface area contributed by atoms with Gasteiger partial charge in [0.05, 0.1) is 15.2 Å². The largest absolute Gasteiger partial charge is 0.344 e. The summed E-state index contributed by atoms with van der Waals surface area (Å²) >= 11 is 0. The zero-order valence-corrected chi connectivity index (χ0v) is 31.5. The molecule has 3 aliphatic heterocycles. The lowest BCUT2D eigenvalue weighted by molar-refractivity contribution is -0.438. The fourth-order valence-corrected chi connectivity index (χ4v) is 8.13. The van der Waals surface area contributed by atoms with Crippen LogP contribution >= 0.6 is 10.9 Å². The average molecular weight is 757 g/mol. The Bertz CT molecular complexity index is 2010. The highest BCUT2D eigenvalue weighted by molar-refractivity contribution is 8.19. The van der Waals surface area contributed by atoms with Gasteiger partial charge in [0.2, 0.25) is 5.69 Å². The Morgan fingerprint density at radius 1 is 0.865 bits per heavy atom. The average Bonchev–Trinajstić information content (AvgIpc) is 3.58. The molecule has 5 rings (SSSR count). The molecule has 1 saturated heterocycles. The van der Waals surface area contributed by atoms with Gasteiger partial charge in [0.1, 0.15) is 17.4 Å². The van der Waals surface area contributed by atoms with Crippen LogP contribution in [0.1, 0.15) is 84.3 Å². The second kappa shape index (κ2) is 14.7. The zero-order chi connectivity index (χ0) is 38.2. The van der Waals surface area contributed by atoms with Gasteiger partial charge in [0.15, 0.2) is 5.71 Å². The fraction of sp³-hybridized carbons (Fsp3) is 0.405. The van der Waals surface area contributed by atoms with E-state index in [-0.39, 0.29) is 29.1 Å². The van der Waals surface area contributed by atoms with Crippen molar-refractivity contribution in [1.82, 2.24) is 5.06 Å². The van der Waals surface area contributed by atoms with Crippen molar-refractivity contribution < 1.29 is 50.4 Å². The number of allylic oxidation sites excluding steroid dienone is 6. The predicted molar refractivity (Wildman–Crippen MR) is 197 cm³/mol. The highest BCUT2D eigenvalue weighted by Gasteiger charge is 2.45. The lowest BCUT2D eigenvalue weighted by Gasteiger charge is -2.25. The van der Waals surface area contributed by atoms with Gasteiger partial charge in [-0.25, -0.2) is 4.79 Å². The van der Waals surface area contributed by atoms with E-state index in [1.807, 2.05) is 65.0 Å². The number of hydrogen-bond donors (Lipinski definition) is 4. The molecule has 2 aromatic rings. The molecule has 280 valence electrons. The van der Waals surface area contributed by atoms with Crippen LogP contribution in [0.15, 0.2) is 82.3 Å². The number of imide groups is 1. The van der Waals surface area contributed by atoms with Crippen LogP contribution in [0.2, 0.25) is 0 Å². The maximum atomic E-state index is 12.3. The van der Waals surface area contributed by atoms with Gasteiger partial charge in [-0.15, -0.1) is 5.06 Å². The number of hydrogen-bond acceptors (Lipinski definition) is 10. The molecule has 3 aliphatic rings. The normalized spacial score (nSPS) is 19.4. The second-order valence-electron chi connectivity index (χ2n) is 14.0. The molecule has 2 amide bonds. The highest BCUT2D eigenvalue weighted by atomic mass is 32.3. The summed E-state index contributed by atoms with van der Waals surface area (Å²) in [4.78, 5) is 42.7. The van der Waals surface area contributed by atoms with Gasteiger partial charge < -0.3 is 23.4 Å². The predicted octanol–water partition coefficient (Wildman–Crippen LogP) is 6.87. The molecule has 2 aromatic carbocycles. The van der Waals surface area contributed by atoms with Crippen molar-refractivity contribution in [2.75, 3.05) is 18.0 Å². The fourth-order valence-electron chi connectivity index (χ4n) is 7.10. The number of anilines is 1. The van der Waals surface area contributed by atoms with E-state index < -0.39 is 49.6 Å². The van der Waals surface area contributed by atoms with Gasteiger partial charge in [0, 0.05) is 66.7 Å². The van der Waals surface area contributed by atoms with E-state index in [9.17, 15) is 41.0 Å². The lowest BCUT2D eigenvalue weighted by Crippen LogP contribution is -2.31. The van der Waals surface area contributed by atoms with Crippen molar-refractivity contribution >= 4 is 55.9 Å². The number of unbranched alkanes of at least 4 members (excludes halogenated alkanes) is 2. The number of nitrogens with zero attached hydrogens (tertiary/aromatic N) is 3. The Hall–Kier alpha value is -4.12. The molecule has 0 aliphatic carbocycles. The maximum Gasteiger partial charge on any atom is 0.333 e. The summed E-state index contributed by atoms with van der Waals surface area (Å²) < 4.78 is 65.4. The SMILES string of the molecule is CCN1C(=CC=CC=CC2=[N+](CCCCCC(=O)ON3C(=O)CCC3=O)c3ccc(S(O)(O)O)cc3C2(C)C)C(C)(C)c2cc(S(=O)(=O)O)ccc21. The van der Waals surface area contributed by atoms with Crippen LogP contribution in [0.5, 0.6) is 0 Å². The molecular weight excluding hydrogens is 711 g/mol. The van der Waals surface area contributed by atoms with E-state index in [1.165, 1.54) is 18.2 Å². The van der Waals surface area contributed by atoms with Gasteiger partial charge in [0.25, 0.3) is 21.9 Å². The third-order valence-electron chi connectivity index (χ3n) is 9.85. The topological polar surface area (TPSA) is 185 Å². The van der Waals surface area contributed by atoms with Crippen molar-refractivity contribution in [2.45, 2.75) is 93.8 Å². The van der Waals surface area contributed by atoms with Crippen LogP contribution in [0.4, 0.5) is 11.4 Å². The number of fused-ring (bicyclic) bond motifs is 2. The molecule has 1 fully saturated rings.